The van der Waals surface area contributed by atoms with E-state index in [0.29, 0.717) is 0 Å². The molecule has 9 heavy (non-hydrogen) atoms. The Hall–Kier alpha value is 0.363. The molecule has 0 aliphatic carbocycles. The average molecular weight is 178 g/mol. The Labute approximate surface area is 72.5 Å². The number of allylic oxidation sites excluding steroid dienone is 1. The van der Waals surface area contributed by atoms with Crippen LogP contribution in [-0.4, -0.2) is 0 Å². The fourth-order valence-corrected chi connectivity index (χ4v) is 0.289. The maximum Gasteiger partial charge on any atom is 2.00 e. The topological polar surface area (TPSA) is 0 Å². The molecule has 0 aromatic heterocycles. The molecular formula is C8H16Zn. The van der Waals surface area contributed by atoms with Crippen molar-refractivity contribution in [1.29, 1.82) is 0 Å². The van der Waals surface area contributed by atoms with Crippen molar-refractivity contribution in [2.75, 3.05) is 0 Å². The van der Waals surface area contributed by atoms with E-state index in [-0.39, 0.29) is 19.5 Å². The smallest absolute Gasteiger partial charge is 0.346 e. The van der Waals surface area contributed by atoms with Gasteiger partial charge in [-0.3, -0.25) is 0 Å². The number of hydrogen-bond acceptors (Lipinski definition) is 0. The van der Waals surface area contributed by atoms with Crippen molar-refractivity contribution in [1.82, 2.24) is 0 Å². The molecule has 0 spiro atoms. The number of unbranched alkanes of at least 4 members (excludes halogenated alkanes) is 2. The Bertz CT molecular complexity index is 33.5. The van der Waals surface area contributed by atoms with Crippen molar-refractivity contribution < 1.29 is 19.5 Å². The van der Waals surface area contributed by atoms with Gasteiger partial charge in [0.15, 0.2) is 0 Å². The summed E-state index contributed by atoms with van der Waals surface area (Å²) < 4.78 is 0. The minimum absolute atomic E-state index is 0. The zero-order chi connectivity index (χ0) is 6.83. The quantitative estimate of drug-likeness (QED) is 0.269. The maximum absolute atomic E-state index is 3.68. The average Bonchev–Trinajstić information content (AvgIpc) is 1.88. The minimum Gasteiger partial charge on any atom is -0.346 e. The minimum atomic E-state index is 0. The monoisotopic (exact) mass is 176 g/mol. The van der Waals surface area contributed by atoms with E-state index in [2.05, 4.69) is 20.4 Å². The summed E-state index contributed by atoms with van der Waals surface area (Å²) in [5.74, 6) is 0. The zero-order valence-corrected chi connectivity index (χ0v) is 9.49. The molecule has 0 unspecified atom stereocenters. The predicted molar refractivity (Wildman–Crippen MR) is 40.4 cm³/mol. The van der Waals surface area contributed by atoms with Crippen LogP contribution in [0.5, 0.6) is 0 Å². The van der Waals surface area contributed by atoms with Gasteiger partial charge in [-0.05, 0) is 6.42 Å². The van der Waals surface area contributed by atoms with Gasteiger partial charge in [0.1, 0.15) is 0 Å². The van der Waals surface area contributed by atoms with Crippen molar-refractivity contribution in [3.8, 4) is 0 Å². The van der Waals surface area contributed by atoms with Gasteiger partial charge < -0.3 is 13.8 Å². The van der Waals surface area contributed by atoms with Crippen LogP contribution in [0.2, 0.25) is 0 Å². The number of hydrogen-bond donors (Lipinski definition) is 0. The molecular weight excluding hydrogens is 161 g/mol. The second-order valence-electron chi connectivity index (χ2n) is 1.28. The summed E-state index contributed by atoms with van der Waals surface area (Å²) in [5, 5.41) is 0. The van der Waals surface area contributed by atoms with E-state index in [4.69, 9.17) is 0 Å². The van der Waals surface area contributed by atoms with Crippen molar-refractivity contribution >= 4 is 0 Å². The van der Waals surface area contributed by atoms with Gasteiger partial charge in [0.05, 0.1) is 0 Å². The first-order valence-corrected chi connectivity index (χ1v) is 3.02. The summed E-state index contributed by atoms with van der Waals surface area (Å²) in [7, 11) is 0. The SMILES string of the molecule is C=CCCC[CH2-].[CH2-]C.[Zn+2]. The summed E-state index contributed by atoms with van der Waals surface area (Å²) in [6, 6.07) is 0. The van der Waals surface area contributed by atoms with Crippen LogP contribution < -0.4 is 0 Å². The van der Waals surface area contributed by atoms with E-state index in [9.17, 15) is 0 Å². The van der Waals surface area contributed by atoms with Crippen LogP contribution in [0, 0.1) is 13.8 Å². The van der Waals surface area contributed by atoms with Crippen molar-refractivity contribution in [2.45, 2.75) is 26.2 Å². The van der Waals surface area contributed by atoms with Gasteiger partial charge in [0, 0.05) is 0 Å². The Morgan fingerprint density at radius 1 is 1.44 bits per heavy atom. The molecule has 0 heterocycles. The van der Waals surface area contributed by atoms with Gasteiger partial charge in [-0.15, -0.1) is 6.58 Å². The first-order valence-electron chi connectivity index (χ1n) is 3.02. The summed E-state index contributed by atoms with van der Waals surface area (Å²) in [5.41, 5.74) is 0. The van der Waals surface area contributed by atoms with E-state index in [1.54, 1.807) is 6.92 Å². The molecule has 50 valence electrons. The van der Waals surface area contributed by atoms with Crippen LogP contribution in [0.3, 0.4) is 0 Å². The Balaban J connectivity index is -0.000000109. The van der Waals surface area contributed by atoms with Crippen LogP contribution in [0.1, 0.15) is 26.2 Å². The van der Waals surface area contributed by atoms with Crippen LogP contribution in [0.4, 0.5) is 0 Å². The Kier molecular flexibility index (Phi) is 42.8. The molecule has 0 rings (SSSR count). The van der Waals surface area contributed by atoms with Crippen LogP contribution in [-0.2, 0) is 19.5 Å². The molecule has 0 nitrogen and oxygen atoms in total. The van der Waals surface area contributed by atoms with Gasteiger partial charge in [-0.25, -0.2) is 0 Å². The molecule has 0 aromatic rings. The molecule has 0 saturated carbocycles. The third kappa shape index (κ3) is 29.9. The fraction of sp³-hybridized carbons (Fsp3) is 0.500. The second kappa shape index (κ2) is 23.8. The van der Waals surface area contributed by atoms with Gasteiger partial charge in [0.25, 0.3) is 0 Å². The molecule has 0 amide bonds. The summed E-state index contributed by atoms with van der Waals surface area (Å²) >= 11 is 0. The van der Waals surface area contributed by atoms with E-state index >= 15 is 0 Å². The van der Waals surface area contributed by atoms with Gasteiger partial charge >= 0.3 is 19.5 Å². The van der Waals surface area contributed by atoms with Crippen molar-refractivity contribution in [3.63, 3.8) is 0 Å². The summed E-state index contributed by atoms with van der Waals surface area (Å²) in [6.07, 6.45) is 5.25. The van der Waals surface area contributed by atoms with Crippen molar-refractivity contribution in [3.05, 3.63) is 26.5 Å². The van der Waals surface area contributed by atoms with Crippen LogP contribution in [0.25, 0.3) is 0 Å². The summed E-state index contributed by atoms with van der Waals surface area (Å²) in [6.45, 7) is 12.2. The third-order valence-electron chi connectivity index (χ3n) is 0.658. The van der Waals surface area contributed by atoms with Gasteiger partial charge in [-0.1, -0.05) is 12.5 Å². The van der Waals surface area contributed by atoms with Crippen LogP contribution >= 0.6 is 0 Å². The molecule has 0 fully saturated rings. The molecule has 0 atom stereocenters. The largest absolute Gasteiger partial charge is 2.00 e. The van der Waals surface area contributed by atoms with E-state index in [1.807, 2.05) is 6.08 Å². The Morgan fingerprint density at radius 2 is 1.89 bits per heavy atom. The fourth-order valence-electron chi connectivity index (χ4n) is 0.289. The van der Waals surface area contributed by atoms with Gasteiger partial charge in [0.2, 0.25) is 0 Å². The molecule has 1 heteroatoms. The zero-order valence-electron chi connectivity index (χ0n) is 6.53. The van der Waals surface area contributed by atoms with E-state index < -0.39 is 0 Å². The molecule has 0 aliphatic rings. The number of rotatable bonds is 3. The first kappa shape index (κ1) is 16.2. The van der Waals surface area contributed by atoms with Crippen LogP contribution in [0.15, 0.2) is 12.7 Å². The third-order valence-corrected chi connectivity index (χ3v) is 0.658. The van der Waals surface area contributed by atoms with Gasteiger partial charge in [-0.2, -0.15) is 13.3 Å². The maximum atomic E-state index is 3.68. The predicted octanol–water partition coefficient (Wildman–Crippen LogP) is 3.01. The second-order valence-corrected chi connectivity index (χ2v) is 1.28. The molecule has 0 radical (unpaired) electrons. The first-order chi connectivity index (χ1) is 3.91. The standard InChI is InChI=1S/C6H11.C2H5.Zn/c1-3-5-6-4-2;1-2;/h3H,1-2,4-6H2;1H2,2H3;/q2*-1;+2. The summed E-state index contributed by atoms with van der Waals surface area (Å²) in [4.78, 5) is 0. The van der Waals surface area contributed by atoms with E-state index in [1.165, 1.54) is 6.42 Å². The molecule has 0 N–H and O–H groups in total. The van der Waals surface area contributed by atoms with E-state index in [0.717, 1.165) is 12.8 Å². The van der Waals surface area contributed by atoms with Crippen molar-refractivity contribution in [2.24, 2.45) is 0 Å². The molecule has 0 bridgehead atoms. The normalized spacial score (nSPS) is 6.11. The molecule has 0 saturated heterocycles. The molecule has 0 aliphatic heterocycles. The molecule has 0 aromatic carbocycles. The Morgan fingerprint density at radius 3 is 2.00 bits per heavy atom.